The summed E-state index contributed by atoms with van der Waals surface area (Å²) in [5.41, 5.74) is -0.0814. The molecule has 0 saturated heterocycles. The van der Waals surface area contributed by atoms with Gasteiger partial charge in [0.15, 0.2) is 5.13 Å². The number of nitrogens with one attached hydrogen (secondary N) is 2. The van der Waals surface area contributed by atoms with E-state index < -0.39 is 6.35 Å². The molecule has 0 saturated carbocycles. The molecule has 1 aliphatic rings. The molecular weight excluding hydrogens is 380 g/mol. The fourth-order valence-electron chi connectivity index (χ4n) is 2.14. The lowest BCUT2D eigenvalue weighted by molar-refractivity contribution is 0.182. The molecule has 28 heavy (non-hydrogen) atoms. The fourth-order valence-corrected chi connectivity index (χ4v) is 2.86. The van der Waals surface area contributed by atoms with Crippen LogP contribution >= 0.6 is 11.3 Å². The molecule has 0 amide bonds. The molecule has 3 N–H and O–H groups in total. The lowest BCUT2D eigenvalue weighted by Gasteiger charge is -2.18. The second-order valence-electron chi connectivity index (χ2n) is 7.07. The van der Waals surface area contributed by atoms with E-state index in [1.54, 1.807) is 18.5 Å². The predicted molar refractivity (Wildman–Crippen MR) is 110 cm³/mol. The average molecular weight is 404 g/mol. The quantitative estimate of drug-likeness (QED) is 0.701. The molecule has 0 aromatic carbocycles. The van der Waals surface area contributed by atoms with E-state index in [0.29, 0.717) is 23.6 Å². The van der Waals surface area contributed by atoms with Gasteiger partial charge in [-0.1, -0.05) is 39.0 Å². The normalized spacial score (nSPS) is 17.2. The first-order valence-corrected chi connectivity index (χ1v) is 9.76. The summed E-state index contributed by atoms with van der Waals surface area (Å²) in [5, 5.41) is 16.2. The van der Waals surface area contributed by atoms with Crippen molar-refractivity contribution in [3.05, 3.63) is 28.9 Å². The Morgan fingerprint density at radius 2 is 2.11 bits per heavy atom. The van der Waals surface area contributed by atoms with Crippen LogP contribution in [0.1, 0.15) is 50.6 Å². The highest BCUT2D eigenvalue weighted by Gasteiger charge is 2.19. The van der Waals surface area contributed by atoms with E-state index >= 15 is 0 Å². The van der Waals surface area contributed by atoms with E-state index in [1.165, 1.54) is 11.3 Å². The molecule has 9 nitrogen and oxygen atoms in total. The number of oxazole rings is 1. The molecule has 1 unspecified atom stereocenters. The van der Waals surface area contributed by atoms with E-state index in [0.717, 1.165) is 17.1 Å². The Bertz CT molecular complexity index is 893. The molecule has 3 heterocycles. The van der Waals surface area contributed by atoms with Crippen LogP contribution in [0.3, 0.4) is 0 Å². The number of rotatable bonds is 5. The number of aliphatic hydroxyl groups excluding tert-OH is 1. The number of hydrogen-bond donors (Lipinski definition) is 3. The van der Waals surface area contributed by atoms with Crippen molar-refractivity contribution in [1.82, 2.24) is 15.3 Å². The number of aliphatic hydroxyl groups is 1. The van der Waals surface area contributed by atoms with Gasteiger partial charge in [0, 0.05) is 22.6 Å². The van der Waals surface area contributed by atoms with Gasteiger partial charge in [-0.2, -0.15) is 9.98 Å². The molecule has 0 radical (unpaired) electrons. The van der Waals surface area contributed by atoms with Gasteiger partial charge >= 0.3 is 0 Å². The Morgan fingerprint density at radius 3 is 2.82 bits per heavy atom. The highest BCUT2D eigenvalue weighted by molar-refractivity contribution is 7.16. The maximum atomic E-state index is 9.72. The number of ether oxygens (including phenoxy) is 1. The Balaban J connectivity index is 1.60. The summed E-state index contributed by atoms with van der Waals surface area (Å²) in [6.07, 6.45) is 6.77. The summed E-state index contributed by atoms with van der Waals surface area (Å²) in [7, 11) is 0. The Morgan fingerprint density at radius 1 is 1.29 bits per heavy atom. The minimum absolute atomic E-state index is 0.0814. The van der Waals surface area contributed by atoms with E-state index in [1.807, 2.05) is 13.0 Å². The van der Waals surface area contributed by atoms with Crippen LogP contribution in [0.15, 0.2) is 26.8 Å². The lowest BCUT2D eigenvalue weighted by atomic mass is 9.94. The molecule has 0 bridgehead atoms. The third kappa shape index (κ3) is 5.40. The number of hydrogen-bond acceptors (Lipinski definition) is 10. The van der Waals surface area contributed by atoms with Crippen molar-refractivity contribution in [2.24, 2.45) is 9.98 Å². The first-order valence-electron chi connectivity index (χ1n) is 8.94. The molecule has 3 rings (SSSR count). The summed E-state index contributed by atoms with van der Waals surface area (Å²) < 4.78 is 11.1. The van der Waals surface area contributed by atoms with Crippen LogP contribution in [0.2, 0.25) is 0 Å². The topological polar surface area (TPSA) is 117 Å². The van der Waals surface area contributed by atoms with Gasteiger partial charge in [0.1, 0.15) is 5.76 Å². The fraction of sp³-hybridized carbons (Fsp3) is 0.444. The third-order valence-electron chi connectivity index (χ3n) is 3.55. The molecule has 0 aliphatic carbocycles. The van der Waals surface area contributed by atoms with Gasteiger partial charge in [-0.25, -0.2) is 9.97 Å². The van der Waals surface area contributed by atoms with E-state index in [4.69, 9.17) is 9.15 Å². The standard InChI is InChI=1S/C18H24N6O3S/c1-5-8-26-16-22-14(21-15(25)24-16)23-17-20-9-11(28-17)6-7-13-19-10-12(27-13)18(2,3)4/h6-7,9-10,15,25H,5,8H2,1-4H3,(H2,20,21,22,23,24). The number of guanidine groups is 1. The first kappa shape index (κ1) is 20.0. The molecule has 1 atom stereocenters. The van der Waals surface area contributed by atoms with Gasteiger partial charge < -0.3 is 19.6 Å². The summed E-state index contributed by atoms with van der Waals surface area (Å²) in [6.45, 7) is 8.70. The van der Waals surface area contributed by atoms with Gasteiger partial charge in [0.05, 0.1) is 12.8 Å². The maximum Gasteiger partial charge on any atom is 0.295 e. The van der Waals surface area contributed by atoms with Gasteiger partial charge in [0.25, 0.3) is 12.4 Å². The summed E-state index contributed by atoms with van der Waals surface area (Å²) in [5.74, 6) is 1.70. The Kier molecular flexibility index (Phi) is 6.10. The lowest BCUT2D eigenvalue weighted by Crippen LogP contribution is -2.42. The monoisotopic (exact) mass is 404 g/mol. The average Bonchev–Trinajstić information content (AvgIpc) is 3.26. The maximum absolute atomic E-state index is 9.72. The zero-order chi connectivity index (χ0) is 20.1. The van der Waals surface area contributed by atoms with Crippen LogP contribution in [-0.2, 0) is 10.2 Å². The molecule has 10 heteroatoms. The van der Waals surface area contributed by atoms with Gasteiger partial charge in [-0.3, -0.25) is 5.32 Å². The van der Waals surface area contributed by atoms with Crippen LogP contribution < -0.4 is 10.6 Å². The summed E-state index contributed by atoms with van der Waals surface area (Å²) >= 11 is 1.42. The second-order valence-corrected chi connectivity index (χ2v) is 8.13. The van der Waals surface area contributed by atoms with E-state index in [9.17, 15) is 5.11 Å². The zero-order valence-electron chi connectivity index (χ0n) is 16.3. The first-order chi connectivity index (χ1) is 13.3. The van der Waals surface area contributed by atoms with Crippen molar-refractivity contribution in [3.8, 4) is 0 Å². The Hall–Kier alpha value is -2.72. The van der Waals surface area contributed by atoms with Gasteiger partial charge in [0.2, 0.25) is 11.9 Å². The number of anilines is 1. The minimum atomic E-state index is -1.21. The van der Waals surface area contributed by atoms with Crippen LogP contribution in [0, 0.1) is 0 Å². The molecule has 150 valence electrons. The molecule has 2 aromatic rings. The van der Waals surface area contributed by atoms with Crippen LogP contribution in [-0.4, -0.2) is 40.0 Å². The SMILES string of the molecule is CCCOC1=NC(O)N=C(Nc2ncc(C=Cc3ncc(C(C)(C)C)o3)s2)N1. The Labute approximate surface area is 167 Å². The predicted octanol–water partition coefficient (Wildman–Crippen LogP) is 3.03. The van der Waals surface area contributed by atoms with Crippen molar-refractivity contribution < 1.29 is 14.3 Å². The van der Waals surface area contributed by atoms with Crippen molar-refractivity contribution in [3.63, 3.8) is 0 Å². The number of amidine groups is 1. The van der Waals surface area contributed by atoms with Crippen molar-refractivity contribution in [1.29, 1.82) is 0 Å². The number of aliphatic imine (C=N–C) groups is 2. The van der Waals surface area contributed by atoms with Crippen LogP contribution in [0.5, 0.6) is 0 Å². The highest BCUT2D eigenvalue weighted by Crippen LogP contribution is 2.24. The van der Waals surface area contributed by atoms with Crippen molar-refractivity contribution >= 4 is 40.6 Å². The number of aromatic nitrogens is 2. The van der Waals surface area contributed by atoms with E-state index in [2.05, 4.69) is 51.4 Å². The van der Waals surface area contributed by atoms with Gasteiger partial charge in [-0.05, 0) is 12.5 Å². The molecular formula is C18H24N6O3S. The number of nitrogens with zero attached hydrogens (tertiary/aromatic N) is 4. The second kappa shape index (κ2) is 8.53. The number of thiazole rings is 1. The van der Waals surface area contributed by atoms with Crippen molar-refractivity contribution in [2.75, 3.05) is 11.9 Å². The van der Waals surface area contributed by atoms with Gasteiger partial charge in [-0.15, -0.1) is 0 Å². The zero-order valence-corrected chi connectivity index (χ0v) is 17.1. The molecule has 2 aromatic heterocycles. The third-order valence-corrected chi connectivity index (χ3v) is 4.43. The highest BCUT2D eigenvalue weighted by atomic mass is 32.1. The summed E-state index contributed by atoms with van der Waals surface area (Å²) in [6, 6.07) is 0.224. The molecule has 0 spiro atoms. The van der Waals surface area contributed by atoms with Crippen molar-refractivity contribution in [2.45, 2.75) is 45.9 Å². The largest absolute Gasteiger partial charge is 0.465 e. The smallest absolute Gasteiger partial charge is 0.295 e. The minimum Gasteiger partial charge on any atom is -0.465 e. The van der Waals surface area contributed by atoms with E-state index in [-0.39, 0.29) is 11.4 Å². The van der Waals surface area contributed by atoms with Crippen LogP contribution in [0.25, 0.3) is 12.2 Å². The van der Waals surface area contributed by atoms with Crippen LogP contribution in [0.4, 0.5) is 5.13 Å². The molecule has 0 fully saturated rings. The summed E-state index contributed by atoms with van der Waals surface area (Å²) in [4.78, 5) is 17.3. The molecule has 1 aliphatic heterocycles.